The van der Waals surface area contributed by atoms with Gasteiger partial charge < -0.3 is 20.4 Å². The third-order valence-corrected chi connectivity index (χ3v) is 1.80. The summed E-state index contributed by atoms with van der Waals surface area (Å²) >= 11 is 2.55. The molecular formula is C6H11BrO5. The van der Waals surface area contributed by atoms with Crippen molar-refractivity contribution in [1.82, 2.24) is 0 Å². The Hall–Kier alpha value is -0.0100. The molecule has 0 heterocycles. The van der Waals surface area contributed by atoms with Gasteiger partial charge in [0.1, 0.15) is 11.1 Å². The quantitative estimate of drug-likeness (QED) is 0.444. The Morgan fingerprint density at radius 2 is 1.58 bits per heavy atom. The molecule has 0 rings (SSSR count). The SMILES string of the molecule is C[C@@H](O)[C@@H](O)C(=O)[C@H](O)C(O)Br. The molecule has 6 heteroatoms. The Labute approximate surface area is 77.8 Å². The smallest absolute Gasteiger partial charge is 0.195 e. The van der Waals surface area contributed by atoms with E-state index < -0.39 is 29.1 Å². The van der Waals surface area contributed by atoms with Crippen molar-refractivity contribution in [2.45, 2.75) is 30.2 Å². The van der Waals surface area contributed by atoms with E-state index in [9.17, 15) is 4.79 Å². The van der Waals surface area contributed by atoms with Crippen molar-refractivity contribution in [3.63, 3.8) is 0 Å². The van der Waals surface area contributed by atoms with Crippen molar-refractivity contribution in [2.24, 2.45) is 0 Å². The molecule has 0 aromatic heterocycles. The van der Waals surface area contributed by atoms with Crippen molar-refractivity contribution in [3.05, 3.63) is 0 Å². The molecule has 0 aliphatic carbocycles. The zero-order valence-electron chi connectivity index (χ0n) is 6.38. The van der Waals surface area contributed by atoms with Gasteiger partial charge in [0.25, 0.3) is 0 Å². The minimum atomic E-state index is -1.73. The third-order valence-electron chi connectivity index (χ3n) is 1.30. The van der Waals surface area contributed by atoms with E-state index in [1.807, 2.05) is 0 Å². The summed E-state index contributed by atoms with van der Waals surface area (Å²) in [6.07, 6.45) is -4.67. The second-order valence-electron chi connectivity index (χ2n) is 2.41. The molecule has 0 spiro atoms. The van der Waals surface area contributed by atoms with Gasteiger partial charge in [0, 0.05) is 0 Å². The highest BCUT2D eigenvalue weighted by Crippen LogP contribution is 2.06. The molecule has 72 valence electrons. The van der Waals surface area contributed by atoms with Crippen LogP contribution in [0, 0.1) is 0 Å². The van der Waals surface area contributed by atoms with Gasteiger partial charge in [0.2, 0.25) is 0 Å². The maximum absolute atomic E-state index is 10.9. The average Bonchev–Trinajstić information content (AvgIpc) is 2.00. The largest absolute Gasteiger partial charge is 0.390 e. The van der Waals surface area contributed by atoms with Gasteiger partial charge in [-0.2, -0.15) is 0 Å². The second-order valence-corrected chi connectivity index (χ2v) is 3.34. The lowest BCUT2D eigenvalue weighted by atomic mass is 10.1. The summed E-state index contributed by atoms with van der Waals surface area (Å²) in [6.45, 7) is 1.20. The Balaban J connectivity index is 4.19. The molecule has 0 aliphatic heterocycles. The van der Waals surface area contributed by atoms with Gasteiger partial charge in [-0.25, -0.2) is 0 Å². The molecule has 0 fully saturated rings. The summed E-state index contributed by atoms with van der Waals surface area (Å²) in [5, 5.41) is 33.8. The summed E-state index contributed by atoms with van der Waals surface area (Å²) in [5.41, 5.74) is 0. The molecule has 4 N–H and O–H groups in total. The molecule has 0 radical (unpaired) electrons. The first-order valence-electron chi connectivity index (χ1n) is 3.28. The van der Waals surface area contributed by atoms with E-state index in [-0.39, 0.29) is 0 Å². The molecule has 0 aromatic rings. The monoisotopic (exact) mass is 242 g/mol. The zero-order chi connectivity index (χ0) is 9.89. The number of carbonyl (C=O) groups is 1. The van der Waals surface area contributed by atoms with Gasteiger partial charge in [-0.15, -0.1) is 0 Å². The maximum Gasteiger partial charge on any atom is 0.195 e. The average molecular weight is 243 g/mol. The van der Waals surface area contributed by atoms with Crippen molar-refractivity contribution in [3.8, 4) is 0 Å². The van der Waals surface area contributed by atoms with E-state index >= 15 is 0 Å². The fraction of sp³-hybridized carbons (Fsp3) is 0.833. The number of rotatable bonds is 4. The molecule has 0 saturated heterocycles. The number of carbonyl (C=O) groups excluding carboxylic acids is 1. The van der Waals surface area contributed by atoms with Gasteiger partial charge in [-0.05, 0) is 6.92 Å². The lowest BCUT2D eigenvalue weighted by Gasteiger charge is -2.17. The summed E-state index contributed by atoms with van der Waals surface area (Å²) in [5.74, 6) is -1.02. The van der Waals surface area contributed by atoms with Crippen LogP contribution in [0.1, 0.15) is 6.92 Å². The number of hydrogen-bond donors (Lipinski definition) is 4. The van der Waals surface area contributed by atoms with E-state index in [2.05, 4.69) is 15.9 Å². The highest BCUT2D eigenvalue weighted by Gasteiger charge is 2.30. The highest BCUT2D eigenvalue weighted by atomic mass is 79.9. The van der Waals surface area contributed by atoms with Crippen molar-refractivity contribution < 1.29 is 25.2 Å². The molecule has 0 saturated carbocycles. The van der Waals surface area contributed by atoms with Crippen LogP contribution >= 0.6 is 15.9 Å². The first-order valence-corrected chi connectivity index (χ1v) is 4.19. The van der Waals surface area contributed by atoms with Gasteiger partial charge in [0.15, 0.2) is 11.9 Å². The molecule has 1 unspecified atom stereocenters. The van der Waals surface area contributed by atoms with Gasteiger partial charge in [-0.3, -0.25) is 4.79 Å². The first kappa shape index (κ1) is 12.0. The van der Waals surface area contributed by atoms with Crippen molar-refractivity contribution >= 4 is 21.7 Å². The highest BCUT2D eigenvalue weighted by molar-refractivity contribution is 9.09. The Morgan fingerprint density at radius 3 is 1.83 bits per heavy atom. The number of ketones is 1. The number of Topliss-reactive ketones (excluding diaryl/α,β-unsaturated/α-hetero) is 1. The fourth-order valence-electron chi connectivity index (χ4n) is 0.548. The Morgan fingerprint density at radius 1 is 1.17 bits per heavy atom. The topological polar surface area (TPSA) is 98.0 Å². The number of alkyl halides is 1. The van der Waals surface area contributed by atoms with Crippen LogP contribution in [0.3, 0.4) is 0 Å². The maximum atomic E-state index is 10.9. The van der Waals surface area contributed by atoms with Crippen LogP contribution in [0.4, 0.5) is 0 Å². The van der Waals surface area contributed by atoms with Gasteiger partial charge in [0.05, 0.1) is 6.10 Å². The molecule has 12 heavy (non-hydrogen) atoms. The van der Waals surface area contributed by atoms with Crippen LogP contribution in [-0.4, -0.2) is 49.5 Å². The molecule has 0 amide bonds. The summed E-state index contributed by atoms with van der Waals surface area (Å²) in [7, 11) is 0. The van der Waals surface area contributed by atoms with Crippen molar-refractivity contribution in [1.29, 1.82) is 0 Å². The third kappa shape index (κ3) is 3.16. The number of halogens is 1. The Kier molecular flexibility index (Phi) is 4.88. The number of aliphatic hydroxyl groups excluding tert-OH is 4. The molecule has 5 nitrogen and oxygen atoms in total. The molecule has 0 aromatic carbocycles. The minimum Gasteiger partial charge on any atom is -0.390 e. The van der Waals surface area contributed by atoms with Gasteiger partial charge >= 0.3 is 0 Å². The van der Waals surface area contributed by atoms with Crippen molar-refractivity contribution in [2.75, 3.05) is 0 Å². The number of aliphatic hydroxyl groups is 4. The number of hydrogen-bond acceptors (Lipinski definition) is 5. The van der Waals surface area contributed by atoms with E-state index in [0.717, 1.165) is 0 Å². The minimum absolute atomic E-state index is 1.02. The lowest BCUT2D eigenvalue weighted by Crippen LogP contribution is -2.42. The molecule has 0 aliphatic rings. The molecule has 0 bridgehead atoms. The van der Waals surface area contributed by atoms with E-state index in [1.165, 1.54) is 6.92 Å². The lowest BCUT2D eigenvalue weighted by molar-refractivity contribution is -0.143. The summed E-state index contributed by atoms with van der Waals surface area (Å²) < 4.78 is 0. The second kappa shape index (κ2) is 4.88. The predicted molar refractivity (Wildman–Crippen MR) is 43.6 cm³/mol. The van der Waals surface area contributed by atoms with Crippen LogP contribution in [0.2, 0.25) is 0 Å². The van der Waals surface area contributed by atoms with Crippen LogP contribution in [0.5, 0.6) is 0 Å². The van der Waals surface area contributed by atoms with E-state index in [1.54, 1.807) is 0 Å². The summed E-state index contributed by atoms with van der Waals surface area (Å²) in [4.78, 5) is 10.9. The van der Waals surface area contributed by atoms with Crippen LogP contribution in [0.25, 0.3) is 0 Å². The fourth-order valence-corrected chi connectivity index (χ4v) is 0.809. The van der Waals surface area contributed by atoms with E-state index in [4.69, 9.17) is 20.4 Å². The van der Waals surface area contributed by atoms with E-state index in [0.29, 0.717) is 0 Å². The van der Waals surface area contributed by atoms with Crippen LogP contribution in [-0.2, 0) is 4.79 Å². The zero-order valence-corrected chi connectivity index (χ0v) is 7.97. The van der Waals surface area contributed by atoms with Gasteiger partial charge in [-0.1, -0.05) is 15.9 Å². The normalized spacial score (nSPS) is 21.2. The van der Waals surface area contributed by atoms with Crippen LogP contribution < -0.4 is 0 Å². The van der Waals surface area contributed by atoms with Crippen LogP contribution in [0.15, 0.2) is 0 Å². The summed E-state index contributed by atoms with van der Waals surface area (Å²) in [6, 6.07) is 0. The standard InChI is InChI=1S/C6H11BrO5/c1-2(8)3(9)4(10)5(11)6(7)12/h2-3,5-6,8-9,11-12H,1H3/t2-,3-,5+,6?/m1/s1. The molecular weight excluding hydrogens is 232 g/mol. The first-order chi connectivity index (χ1) is 5.37. The predicted octanol–water partition coefficient (Wildman–Crippen LogP) is -1.63. The molecule has 4 atom stereocenters. The Bertz CT molecular complexity index is 142.